The molecule has 0 spiro atoms. The van der Waals surface area contributed by atoms with Crippen LogP contribution in [0.4, 0.5) is 5.69 Å². The maximum Gasteiger partial charge on any atom is 0.241 e. The smallest absolute Gasteiger partial charge is 0.241 e. The van der Waals surface area contributed by atoms with Crippen LogP contribution in [0.25, 0.3) is 5.69 Å². The molecule has 0 bridgehead atoms. The lowest BCUT2D eigenvalue weighted by molar-refractivity contribution is -0.122. The van der Waals surface area contributed by atoms with Crippen LogP contribution >= 0.6 is 0 Å². The summed E-state index contributed by atoms with van der Waals surface area (Å²) in [7, 11) is 0. The van der Waals surface area contributed by atoms with Crippen molar-refractivity contribution < 1.29 is 4.79 Å². The number of piperidine rings is 1. The number of carbonyl (C=O) groups excluding carboxylic acids is 1. The van der Waals surface area contributed by atoms with E-state index in [1.807, 2.05) is 42.8 Å². The largest absolute Gasteiger partial charge is 0.325 e. The Morgan fingerprint density at radius 3 is 2.84 bits per heavy atom. The molecule has 1 aliphatic rings. The summed E-state index contributed by atoms with van der Waals surface area (Å²) >= 11 is 0. The fraction of sp³-hybridized carbons (Fsp3) is 0.500. The third-order valence-electron chi connectivity index (χ3n) is 4.79. The fourth-order valence-electron chi connectivity index (χ4n) is 3.67. The monoisotopic (exact) mass is 340 g/mol. The highest BCUT2D eigenvalue weighted by molar-refractivity contribution is 5.95. The van der Waals surface area contributed by atoms with Crippen LogP contribution in [-0.4, -0.2) is 39.7 Å². The zero-order valence-corrected chi connectivity index (χ0v) is 15.5. The number of likely N-dealkylation sites (tertiary alicyclic amines) is 1. The van der Waals surface area contributed by atoms with Gasteiger partial charge in [-0.1, -0.05) is 19.4 Å². The van der Waals surface area contributed by atoms with Crippen LogP contribution in [0.15, 0.2) is 30.3 Å². The van der Waals surface area contributed by atoms with Crippen molar-refractivity contribution in [1.82, 2.24) is 14.7 Å². The Kier molecular flexibility index (Phi) is 5.53. The average Bonchev–Trinajstić information content (AvgIpc) is 2.94. The maximum absolute atomic E-state index is 12.8. The fourth-order valence-corrected chi connectivity index (χ4v) is 3.67. The molecular formula is C20H28N4O. The topological polar surface area (TPSA) is 50.2 Å². The lowest BCUT2D eigenvalue weighted by Gasteiger charge is -2.34. The molecular weight excluding hydrogens is 312 g/mol. The Labute approximate surface area is 150 Å². The van der Waals surface area contributed by atoms with Gasteiger partial charge in [-0.2, -0.15) is 5.10 Å². The summed E-state index contributed by atoms with van der Waals surface area (Å²) in [4.78, 5) is 15.1. The molecule has 1 fully saturated rings. The molecule has 0 aliphatic carbocycles. The van der Waals surface area contributed by atoms with E-state index in [-0.39, 0.29) is 11.9 Å². The minimum Gasteiger partial charge on any atom is -0.325 e. The zero-order chi connectivity index (χ0) is 17.8. The molecule has 5 heteroatoms. The summed E-state index contributed by atoms with van der Waals surface area (Å²) in [6.07, 6.45) is 4.35. The first kappa shape index (κ1) is 17.7. The van der Waals surface area contributed by atoms with E-state index >= 15 is 0 Å². The summed E-state index contributed by atoms with van der Waals surface area (Å²) in [5, 5.41) is 7.64. The molecule has 5 nitrogen and oxygen atoms in total. The number of nitrogens with one attached hydrogen (secondary N) is 1. The molecule has 2 heterocycles. The van der Waals surface area contributed by atoms with E-state index < -0.39 is 0 Å². The van der Waals surface area contributed by atoms with Gasteiger partial charge in [0.15, 0.2) is 0 Å². The number of nitrogens with zero attached hydrogens (tertiary/aromatic N) is 3. The number of hydrogen-bond donors (Lipinski definition) is 1. The Balaban J connectivity index is 1.75. The quantitative estimate of drug-likeness (QED) is 0.903. The first-order valence-corrected chi connectivity index (χ1v) is 9.27. The molecule has 1 aromatic carbocycles. The zero-order valence-electron chi connectivity index (χ0n) is 15.5. The van der Waals surface area contributed by atoms with Gasteiger partial charge in [-0.25, -0.2) is 4.68 Å². The van der Waals surface area contributed by atoms with Crippen molar-refractivity contribution in [1.29, 1.82) is 0 Å². The molecule has 1 saturated heterocycles. The standard InChI is InChI=1S/C20H28N4O/c1-4-11-23-12-6-5-10-19(23)20(25)21-17-8-7-9-18(14-17)24-16(3)13-15(2)22-24/h7-9,13-14,19H,4-6,10-12H2,1-3H3,(H,21,25). The number of rotatable bonds is 5. The Hall–Kier alpha value is -2.14. The van der Waals surface area contributed by atoms with Crippen LogP contribution < -0.4 is 5.32 Å². The number of amides is 1. The van der Waals surface area contributed by atoms with E-state index in [0.717, 1.165) is 55.1 Å². The number of aromatic nitrogens is 2. The van der Waals surface area contributed by atoms with Crippen molar-refractivity contribution in [2.45, 2.75) is 52.5 Å². The van der Waals surface area contributed by atoms with Gasteiger partial charge in [-0.05, 0) is 70.5 Å². The Morgan fingerprint density at radius 1 is 1.28 bits per heavy atom. The van der Waals surface area contributed by atoms with Crippen molar-refractivity contribution in [2.24, 2.45) is 0 Å². The maximum atomic E-state index is 12.8. The van der Waals surface area contributed by atoms with E-state index in [1.54, 1.807) is 0 Å². The third kappa shape index (κ3) is 4.10. The normalized spacial score (nSPS) is 18.3. The predicted molar refractivity (Wildman–Crippen MR) is 101 cm³/mol. The second kappa shape index (κ2) is 7.83. The van der Waals surface area contributed by atoms with Crippen LogP contribution in [-0.2, 0) is 4.79 Å². The lowest BCUT2D eigenvalue weighted by Crippen LogP contribution is -2.47. The molecule has 0 radical (unpaired) electrons. The second-order valence-corrected chi connectivity index (χ2v) is 6.93. The molecule has 2 aromatic rings. The molecule has 1 amide bonds. The summed E-state index contributed by atoms with van der Waals surface area (Å²) < 4.78 is 1.91. The highest BCUT2D eigenvalue weighted by atomic mass is 16.2. The minimum absolute atomic E-state index is 0.00830. The molecule has 1 atom stereocenters. The van der Waals surface area contributed by atoms with Crippen molar-refractivity contribution in [3.8, 4) is 5.69 Å². The van der Waals surface area contributed by atoms with Crippen molar-refractivity contribution >= 4 is 11.6 Å². The van der Waals surface area contributed by atoms with E-state index in [4.69, 9.17) is 0 Å². The summed E-state index contributed by atoms with van der Waals surface area (Å²) in [6, 6.07) is 9.96. The van der Waals surface area contributed by atoms with Gasteiger partial charge in [0, 0.05) is 11.4 Å². The van der Waals surface area contributed by atoms with Crippen LogP contribution in [0.2, 0.25) is 0 Å². The molecule has 0 saturated carbocycles. The van der Waals surface area contributed by atoms with Crippen LogP contribution in [0.1, 0.15) is 44.0 Å². The van der Waals surface area contributed by atoms with Crippen LogP contribution in [0.5, 0.6) is 0 Å². The number of benzene rings is 1. The average molecular weight is 340 g/mol. The van der Waals surface area contributed by atoms with E-state index in [2.05, 4.69) is 28.3 Å². The molecule has 134 valence electrons. The van der Waals surface area contributed by atoms with Gasteiger partial charge < -0.3 is 5.32 Å². The van der Waals surface area contributed by atoms with Gasteiger partial charge in [0.05, 0.1) is 17.4 Å². The molecule has 1 aliphatic heterocycles. The van der Waals surface area contributed by atoms with Gasteiger partial charge in [0.2, 0.25) is 5.91 Å². The molecule has 25 heavy (non-hydrogen) atoms. The van der Waals surface area contributed by atoms with Crippen LogP contribution in [0, 0.1) is 13.8 Å². The molecule has 1 unspecified atom stereocenters. The number of carbonyl (C=O) groups is 1. The SMILES string of the molecule is CCCN1CCCCC1C(=O)Nc1cccc(-n2nc(C)cc2C)c1. The van der Waals surface area contributed by atoms with E-state index in [1.165, 1.54) is 6.42 Å². The first-order valence-electron chi connectivity index (χ1n) is 9.27. The summed E-state index contributed by atoms with van der Waals surface area (Å²) in [5.74, 6) is 0.110. The summed E-state index contributed by atoms with van der Waals surface area (Å²) in [5.41, 5.74) is 3.88. The van der Waals surface area contributed by atoms with Gasteiger partial charge in [0.1, 0.15) is 0 Å². The van der Waals surface area contributed by atoms with Crippen molar-refractivity contribution in [2.75, 3.05) is 18.4 Å². The number of anilines is 1. The second-order valence-electron chi connectivity index (χ2n) is 6.93. The Bertz CT molecular complexity index is 735. The summed E-state index contributed by atoms with van der Waals surface area (Å²) in [6.45, 7) is 8.21. The van der Waals surface area contributed by atoms with Crippen molar-refractivity contribution in [3.05, 3.63) is 41.7 Å². The van der Waals surface area contributed by atoms with E-state index in [9.17, 15) is 4.79 Å². The van der Waals surface area contributed by atoms with Gasteiger partial charge in [-0.3, -0.25) is 9.69 Å². The van der Waals surface area contributed by atoms with Gasteiger partial charge in [-0.15, -0.1) is 0 Å². The third-order valence-corrected chi connectivity index (χ3v) is 4.79. The number of hydrogen-bond acceptors (Lipinski definition) is 3. The van der Waals surface area contributed by atoms with Gasteiger partial charge in [0.25, 0.3) is 0 Å². The van der Waals surface area contributed by atoms with Crippen LogP contribution in [0.3, 0.4) is 0 Å². The highest BCUT2D eigenvalue weighted by Gasteiger charge is 2.28. The van der Waals surface area contributed by atoms with Crippen molar-refractivity contribution in [3.63, 3.8) is 0 Å². The predicted octanol–water partition coefficient (Wildman–Crippen LogP) is 3.69. The van der Waals surface area contributed by atoms with Gasteiger partial charge >= 0.3 is 0 Å². The van der Waals surface area contributed by atoms with E-state index in [0.29, 0.717) is 0 Å². The highest BCUT2D eigenvalue weighted by Crippen LogP contribution is 2.21. The molecule has 1 aromatic heterocycles. The lowest BCUT2D eigenvalue weighted by atomic mass is 10.0. The Morgan fingerprint density at radius 2 is 2.12 bits per heavy atom. The molecule has 3 rings (SSSR count). The number of aryl methyl sites for hydroxylation is 2. The minimum atomic E-state index is -0.00830. The molecule has 1 N–H and O–H groups in total. The first-order chi connectivity index (χ1) is 12.1.